The molecule has 1 aliphatic heterocycles. The first-order valence-corrected chi connectivity index (χ1v) is 10.7. The summed E-state index contributed by atoms with van der Waals surface area (Å²) in [7, 11) is -3.31. The number of para-hydroxylation sites is 1. The van der Waals surface area contributed by atoms with Crippen LogP contribution in [0.15, 0.2) is 47.4 Å². The molecule has 1 N–H and O–H groups in total. The Morgan fingerprint density at radius 2 is 1.85 bits per heavy atom. The van der Waals surface area contributed by atoms with Crippen molar-refractivity contribution in [1.82, 2.24) is 0 Å². The van der Waals surface area contributed by atoms with Crippen molar-refractivity contribution in [3.63, 3.8) is 0 Å². The van der Waals surface area contributed by atoms with Crippen LogP contribution in [0.25, 0.3) is 0 Å². The van der Waals surface area contributed by atoms with Gasteiger partial charge in [0.2, 0.25) is 5.91 Å². The van der Waals surface area contributed by atoms with E-state index in [2.05, 4.69) is 0 Å². The van der Waals surface area contributed by atoms with E-state index in [1.165, 1.54) is 34.9 Å². The quantitative estimate of drug-likeness (QED) is 0.862. The first-order chi connectivity index (χ1) is 12.2. The zero-order valence-electron chi connectivity index (χ0n) is 14.2. The van der Waals surface area contributed by atoms with Crippen LogP contribution in [0.1, 0.15) is 26.9 Å². The van der Waals surface area contributed by atoms with Crippen LogP contribution < -0.4 is 4.90 Å². The Labute approximate surface area is 155 Å². The molecule has 26 heavy (non-hydrogen) atoms. The lowest BCUT2D eigenvalue weighted by atomic mass is 10.1. The Kier molecular flexibility index (Phi) is 4.81. The second kappa shape index (κ2) is 6.77. The van der Waals surface area contributed by atoms with Gasteiger partial charge >= 0.3 is 5.97 Å². The van der Waals surface area contributed by atoms with Crippen molar-refractivity contribution in [2.24, 2.45) is 0 Å². The fraction of sp³-hybridized carbons (Fsp3) is 0.222. The first kappa shape index (κ1) is 18.5. The molecule has 0 saturated carbocycles. The fourth-order valence-corrected chi connectivity index (χ4v) is 4.73. The Morgan fingerprint density at radius 3 is 2.42 bits per heavy atom. The van der Waals surface area contributed by atoms with E-state index in [1.54, 1.807) is 31.2 Å². The zero-order chi connectivity index (χ0) is 19.1. The maximum atomic E-state index is 12.5. The molecule has 1 fully saturated rings. The van der Waals surface area contributed by atoms with E-state index in [9.17, 15) is 23.1 Å². The third kappa shape index (κ3) is 3.34. The van der Waals surface area contributed by atoms with Gasteiger partial charge in [-0.3, -0.25) is 9.69 Å². The van der Waals surface area contributed by atoms with Crippen LogP contribution in [0.2, 0.25) is 0 Å². The molecule has 6 nitrogen and oxygen atoms in total. The highest BCUT2D eigenvalue weighted by molar-refractivity contribution is 8.00. The minimum atomic E-state index is -3.31. The van der Waals surface area contributed by atoms with Crippen LogP contribution in [-0.4, -0.2) is 37.4 Å². The second-order valence-electron chi connectivity index (χ2n) is 6.04. The molecule has 3 rings (SSSR count). The molecule has 2 aromatic carbocycles. The third-order valence-corrected chi connectivity index (χ3v) is 6.51. The maximum Gasteiger partial charge on any atom is 0.337 e. The lowest BCUT2D eigenvalue weighted by Gasteiger charge is -2.27. The number of aromatic carboxylic acids is 1. The number of rotatable bonds is 4. The molecule has 136 valence electrons. The molecule has 1 unspecified atom stereocenters. The summed E-state index contributed by atoms with van der Waals surface area (Å²) in [4.78, 5) is 25.8. The van der Waals surface area contributed by atoms with Crippen molar-refractivity contribution in [2.45, 2.75) is 17.2 Å². The number of aryl methyl sites for hydroxylation is 1. The molecule has 0 aromatic heterocycles. The third-order valence-electron chi connectivity index (χ3n) is 4.17. The van der Waals surface area contributed by atoms with Crippen molar-refractivity contribution in [1.29, 1.82) is 0 Å². The lowest BCUT2D eigenvalue weighted by Crippen LogP contribution is -2.30. The summed E-state index contributed by atoms with van der Waals surface area (Å²) < 4.78 is 23.3. The molecule has 1 saturated heterocycles. The van der Waals surface area contributed by atoms with Gasteiger partial charge in [0.05, 0.1) is 21.9 Å². The van der Waals surface area contributed by atoms with Gasteiger partial charge in [0.25, 0.3) is 0 Å². The summed E-state index contributed by atoms with van der Waals surface area (Å²) in [5, 5.41) is 9.10. The van der Waals surface area contributed by atoms with Gasteiger partial charge in [-0.25, -0.2) is 13.2 Å². The van der Waals surface area contributed by atoms with E-state index in [0.29, 0.717) is 11.3 Å². The van der Waals surface area contributed by atoms with Crippen LogP contribution in [0, 0.1) is 6.92 Å². The minimum Gasteiger partial charge on any atom is -0.478 e. The number of sulfone groups is 1. The molecule has 1 heterocycles. The van der Waals surface area contributed by atoms with Gasteiger partial charge in [-0.1, -0.05) is 24.3 Å². The van der Waals surface area contributed by atoms with Crippen molar-refractivity contribution in [3.8, 4) is 0 Å². The van der Waals surface area contributed by atoms with Crippen LogP contribution in [0.4, 0.5) is 5.69 Å². The lowest BCUT2D eigenvalue weighted by molar-refractivity contribution is -0.115. The second-order valence-corrected chi connectivity index (χ2v) is 9.13. The predicted octanol–water partition coefficient (Wildman–Crippen LogP) is 2.88. The van der Waals surface area contributed by atoms with Crippen molar-refractivity contribution >= 4 is 39.2 Å². The van der Waals surface area contributed by atoms with Gasteiger partial charge in [0.1, 0.15) is 5.37 Å². The molecular weight excluding hydrogens is 374 g/mol. The Bertz CT molecular complexity index is 983. The van der Waals surface area contributed by atoms with Gasteiger partial charge in [-0.15, -0.1) is 11.8 Å². The molecule has 1 amide bonds. The molecule has 1 atom stereocenters. The van der Waals surface area contributed by atoms with Crippen molar-refractivity contribution in [3.05, 3.63) is 59.2 Å². The molecule has 0 spiro atoms. The van der Waals surface area contributed by atoms with Gasteiger partial charge in [-0.05, 0) is 36.2 Å². The van der Waals surface area contributed by atoms with Crippen LogP contribution in [0.3, 0.4) is 0 Å². The normalized spacial score (nSPS) is 17.5. The van der Waals surface area contributed by atoms with E-state index >= 15 is 0 Å². The van der Waals surface area contributed by atoms with Crippen LogP contribution >= 0.6 is 11.8 Å². The largest absolute Gasteiger partial charge is 0.478 e. The Balaban J connectivity index is 2.08. The summed E-state index contributed by atoms with van der Waals surface area (Å²) in [5.41, 5.74) is 1.89. The molecule has 8 heteroatoms. The number of carbonyl (C=O) groups is 2. The predicted molar refractivity (Wildman–Crippen MR) is 100 cm³/mol. The monoisotopic (exact) mass is 391 g/mol. The first-order valence-electron chi connectivity index (χ1n) is 7.76. The molecule has 1 aliphatic rings. The number of thioether (sulfide) groups is 1. The minimum absolute atomic E-state index is 0.0682. The molecule has 2 aromatic rings. The van der Waals surface area contributed by atoms with Crippen LogP contribution in [0.5, 0.6) is 0 Å². The van der Waals surface area contributed by atoms with E-state index in [-0.39, 0.29) is 22.1 Å². The number of nitrogens with zero attached hydrogens (tertiary/aromatic N) is 1. The van der Waals surface area contributed by atoms with Crippen molar-refractivity contribution in [2.75, 3.05) is 16.9 Å². The fourth-order valence-electron chi connectivity index (χ4n) is 2.94. The summed E-state index contributed by atoms with van der Waals surface area (Å²) in [5.74, 6) is -1.05. The summed E-state index contributed by atoms with van der Waals surface area (Å²) >= 11 is 1.38. The highest BCUT2D eigenvalue weighted by Gasteiger charge is 2.37. The summed E-state index contributed by atoms with van der Waals surface area (Å²) in [6, 6.07) is 11.2. The smallest absolute Gasteiger partial charge is 0.337 e. The van der Waals surface area contributed by atoms with Gasteiger partial charge in [0, 0.05) is 6.26 Å². The Hall–Kier alpha value is -2.32. The van der Waals surface area contributed by atoms with Gasteiger partial charge in [-0.2, -0.15) is 0 Å². The number of benzene rings is 2. The number of carboxylic acid groups (broad SMARTS) is 1. The maximum absolute atomic E-state index is 12.5. The van der Waals surface area contributed by atoms with Crippen molar-refractivity contribution < 1.29 is 23.1 Å². The van der Waals surface area contributed by atoms with E-state index in [4.69, 9.17) is 0 Å². The number of hydrogen-bond donors (Lipinski definition) is 1. The topological polar surface area (TPSA) is 91.8 Å². The summed E-state index contributed by atoms with van der Waals surface area (Å²) in [6.07, 6.45) is 1.13. The highest BCUT2D eigenvalue weighted by Crippen LogP contribution is 2.44. The van der Waals surface area contributed by atoms with E-state index in [1.807, 2.05) is 0 Å². The van der Waals surface area contributed by atoms with Gasteiger partial charge in [0.15, 0.2) is 9.84 Å². The Morgan fingerprint density at radius 1 is 1.19 bits per heavy atom. The number of carboxylic acids is 1. The number of amides is 1. The van der Waals surface area contributed by atoms with E-state index < -0.39 is 21.2 Å². The average Bonchev–Trinajstić information content (AvgIpc) is 2.95. The molecular formula is C18H17NO5S2. The molecule has 0 aliphatic carbocycles. The zero-order valence-corrected chi connectivity index (χ0v) is 15.8. The molecule has 0 radical (unpaired) electrons. The number of hydrogen-bond acceptors (Lipinski definition) is 5. The van der Waals surface area contributed by atoms with E-state index in [0.717, 1.165) is 11.8 Å². The SMILES string of the molecule is Cc1cccc(C(=O)O)c1N1C(=O)CSC1c1ccc(S(C)(=O)=O)cc1. The average molecular weight is 391 g/mol. The number of carbonyl (C=O) groups excluding carboxylic acids is 1. The standard InChI is InChI=1S/C18H17NO5S2/c1-11-4-3-5-14(18(21)22)16(11)19-15(20)10-25-17(19)12-6-8-13(9-7-12)26(2,23)24/h3-9,17H,10H2,1-2H3,(H,21,22). The summed E-state index contributed by atoms with van der Waals surface area (Å²) in [6.45, 7) is 1.77. The molecule has 0 bridgehead atoms. The highest BCUT2D eigenvalue weighted by atomic mass is 32.2. The van der Waals surface area contributed by atoms with Crippen LogP contribution in [-0.2, 0) is 14.6 Å². The number of anilines is 1. The van der Waals surface area contributed by atoms with Gasteiger partial charge < -0.3 is 5.11 Å².